The molecule has 0 bridgehead atoms. The Labute approximate surface area is 206 Å². The van der Waals surface area contributed by atoms with Crippen molar-refractivity contribution in [3.63, 3.8) is 0 Å². The van der Waals surface area contributed by atoms with Crippen LogP contribution in [-0.4, -0.2) is 42.0 Å². The van der Waals surface area contributed by atoms with Gasteiger partial charge in [0, 0.05) is 42.8 Å². The minimum Gasteiger partial charge on any atom is -0.368 e. The number of pyridine rings is 1. The molecule has 1 aliphatic rings. The van der Waals surface area contributed by atoms with Crippen LogP contribution in [0.15, 0.2) is 78.9 Å². The molecule has 5 rings (SSSR count). The second kappa shape index (κ2) is 9.14. The summed E-state index contributed by atoms with van der Waals surface area (Å²) in [5.41, 5.74) is 5.62. The van der Waals surface area contributed by atoms with Gasteiger partial charge in [0.15, 0.2) is 0 Å². The van der Waals surface area contributed by atoms with Gasteiger partial charge in [-0.2, -0.15) is 0 Å². The van der Waals surface area contributed by atoms with Gasteiger partial charge >= 0.3 is 0 Å². The Kier molecular flexibility index (Phi) is 6.01. The Morgan fingerprint density at radius 1 is 0.857 bits per heavy atom. The van der Waals surface area contributed by atoms with E-state index in [9.17, 15) is 9.18 Å². The van der Waals surface area contributed by atoms with Gasteiger partial charge in [-0.3, -0.25) is 4.79 Å². The molecule has 0 radical (unpaired) electrons. The maximum absolute atomic E-state index is 13.7. The second-order valence-corrected chi connectivity index (χ2v) is 10.2. The fourth-order valence-corrected chi connectivity index (χ4v) is 4.63. The van der Waals surface area contributed by atoms with Crippen molar-refractivity contribution in [1.29, 1.82) is 0 Å². The summed E-state index contributed by atoms with van der Waals surface area (Å²) in [5.74, 6) is -0.217. The van der Waals surface area contributed by atoms with E-state index in [1.54, 1.807) is 12.1 Å². The Bertz CT molecular complexity index is 1350. The number of fused-ring (bicyclic) bond motifs is 1. The number of amides is 1. The van der Waals surface area contributed by atoms with E-state index in [1.165, 1.54) is 17.7 Å². The number of benzene rings is 3. The summed E-state index contributed by atoms with van der Waals surface area (Å²) in [6, 6.07) is 24.8. The molecule has 4 aromatic rings. The van der Waals surface area contributed by atoms with E-state index < -0.39 is 0 Å². The lowest BCUT2D eigenvalue weighted by atomic mass is 9.86. The zero-order valence-corrected chi connectivity index (χ0v) is 20.5. The van der Waals surface area contributed by atoms with Crippen molar-refractivity contribution in [3.8, 4) is 11.3 Å². The molecule has 2 heterocycles. The van der Waals surface area contributed by atoms with Crippen molar-refractivity contribution < 1.29 is 9.18 Å². The lowest BCUT2D eigenvalue weighted by Gasteiger charge is -2.36. The van der Waals surface area contributed by atoms with Crippen molar-refractivity contribution in [2.75, 3.05) is 31.1 Å². The molecule has 1 saturated heterocycles. The number of nitrogens with zero attached hydrogens (tertiary/aromatic N) is 3. The smallest absolute Gasteiger partial charge is 0.254 e. The highest BCUT2D eigenvalue weighted by atomic mass is 19.1. The quantitative estimate of drug-likeness (QED) is 0.355. The van der Waals surface area contributed by atoms with Crippen LogP contribution >= 0.6 is 0 Å². The van der Waals surface area contributed by atoms with Gasteiger partial charge in [-0.1, -0.05) is 63.2 Å². The Balaban J connectivity index is 1.42. The van der Waals surface area contributed by atoms with Crippen molar-refractivity contribution in [3.05, 3.63) is 95.8 Å². The summed E-state index contributed by atoms with van der Waals surface area (Å²) in [5, 5.41) is 0.869. The number of hydrogen-bond donors (Lipinski definition) is 0. The molecule has 1 amide bonds. The highest BCUT2D eigenvalue weighted by Crippen LogP contribution is 2.29. The average Bonchev–Trinajstić information content (AvgIpc) is 2.88. The predicted molar refractivity (Wildman–Crippen MR) is 140 cm³/mol. The highest BCUT2D eigenvalue weighted by molar-refractivity contribution is 6.07. The molecule has 1 fully saturated rings. The van der Waals surface area contributed by atoms with Crippen LogP contribution in [0.4, 0.5) is 10.1 Å². The van der Waals surface area contributed by atoms with Crippen molar-refractivity contribution >= 4 is 22.5 Å². The Morgan fingerprint density at radius 3 is 2.17 bits per heavy atom. The van der Waals surface area contributed by atoms with Crippen LogP contribution in [0.1, 0.15) is 36.7 Å². The molecule has 3 aromatic carbocycles. The standard InChI is InChI=1S/C30H30FN3O/c1-30(2,3)22-10-8-21(9-11-22)28-20-26(25-6-4-5-7-27(25)32-28)29(35)34-18-16-33(17-19-34)24-14-12-23(31)13-15-24/h4-15,20H,16-19H2,1-3H3. The number of hydrogen-bond acceptors (Lipinski definition) is 3. The highest BCUT2D eigenvalue weighted by Gasteiger charge is 2.25. The van der Waals surface area contributed by atoms with E-state index in [0.717, 1.165) is 27.8 Å². The molecule has 0 unspecified atom stereocenters. The van der Waals surface area contributed by atoms with Crippen LogP contribution < -0.4 is 4.90 Å². The number of para-hydroxylation sites is 1. The molecule has 178 valence electrons. The first kappa shape index (κ1) is 23.0. The SMILES string of the molecule is CC(C)(C)c1ccc(-c2cc(C(=O)N3CCN(c4ccc(F)cc4)CC3)c3ccccc3n2)cc1. The van der Waals surface area contributed by atoms with Crippen LogP contribution in [0.2, 0.25) is 0 Å². The summed E-state index contributed by atoms with van der Waals surface area (Å²) < 4.78 is 13.3. The third kappa shape index (κ3) is 4.76. The summed E-state index contributed by atoms with van der Waals surface area (Å²) in [4.78, 5) is 22.7. The largest absolute Gasteiger partial charge is 0.368 e. The van der Waals surface area contributed by atoms with Gasteiger partial charge in [0.25, 0.3) is 5.91 Å². The summed E-state index contributed by atoms with van der Waals surface area (Å²) in [7, 11) is 0. The Hall–Kier alpha value is -3.73. The number of rotatable bonds is 3. The third-order valence-corrected chi connectivity index (χ3v) is 6.75. The van der Waals surface area contributed by atoms with E-state index in [2.05, 4.69) is 49.9 Å². The first-order valence-electron chi connectivity index (χ1n) is 12.1. The molecule has 0 N–H and O–H groups in total. The molecule has 0 spiro atoms. The van der Waals surface area contributed by atoms with E-state index in [0.29, 0.717) is 31.7 Å². The third-order valence-electron chi connectivity index (χ3n) is 6.75. The number of halogens is 1. The maximum atomic E-state index is 13.7. The number of carbonyl (C=O) groups excluding carboxylic acids is 1. The van der Waals surface area contributed by atoms with Crippen LogP contribution in [0.5, 0.6) is 0 Å². The summed E-state index contributed by atoms with van der Waals surface area (Å²) in [6.07, 6.45) is 0. The van der Waals surface area contributed by atoms with Crippen LogP contribution in [-0.2, 0) is 5.41 Å². The van der Waals surface area contributed by atoms with Gasteiger partial charge in [0.1, 0.15) is 5.82 Å². The van der Waals surface area contributed by atoms with E-state index in [-0.39, 0.29) is 17.1 Å². The van der Waals surface area contributed by atoms with E-state index >= 15 is 0 Å². The molecule has 0 aliphatic carbocycles. The fourth-order valence-electron chi connectivity index (χ4n) is 4.63. The monoisotopic (exact) mass is 467 g/mol. The first-order valence-corrected chi connectivity index (χ1v) is 12.1. The van der Waals surface area contributed by atoms with E-state index in [4.69, 9.17) is 4.98 Å². The van der Waals surface area contributed by atoms with Gasteiger partial charge in [-0.25, -0.2) is 9.37 Å². The maximum Gasteiger partial charge on any atom is 0.254 e. The van der Waals surface area contributed by atoms with Crippen LogP contribution in [0.25, 0.3) is 22.2 Å². The molecule has 0 atom stereocenters. The van der Waals surface area contributed by atoms with E-state index in [1.807, 2.05) is 35.2 Å². The van der Waals surface area contributed by atoms with Crippen LogP contribution in [0.3, 0.4) is 0 Å². The lowest BCUT2D eigenvalue weighted by molar-refractivity contribution is 0.0748. The number of piperazine rings is 1. The number of carbonyl (C=O) groups is 1. The molecule has 1 aromatic heterocycles. The van der Waals surface area contributed by atoms with Gasteiger partial charge < -0.3 is 9.80 Å². The zero-order valence-electron chi connectivity index (χ0n) is 20.5. The van der Waals surface area contributed by atoms with Crippen molar-refractivity contribution in [1.82, 2.24) is 9.88 Å². The zero-order chi connectivity index (χ0) is 24.6. The fraction of sp³-hybridized carbons (Fsp3) is 0.267. The lowest BCUT2D eigenvalue weighted by Crippen LogP contribution is -2.48. The van der Waals surface area contributed by atoms with Crippen molar-refractivity contribution in [2.24, 2.45) is 0 Å². The van der Waals surface area contributed by atoms with Gasteiger partial charge in [-0.15, -0.1) is 0 Å². The first-order chi connectivity index (χ1) is 16.8. The molecular weight excluding hydrogens is 437 g/mol. The normalized spacial score (nSPS) is 14.4. The summed E-state index contributed by atoms with van der Waals surface area (Å²) in [6.45, 7) is 9.24. The molecule has 5 heteroatoms. The number of anilines is 1. The molecule has 4 nitrogen and oxygen atoms in total. The predicted octanol–water partition coefficient (Wildman–Crippen LogP) is 6.30. The van der Waals surface area contributed by atoms with Gasteiger partial charge in [-0.05, 0) is 47.4 Å². The molecule has 0 saturated carbocycles. The molecule has 35 heavy (non-hydrogen) atoms. The Morgan fingerprint density at radius 2 is 1.51 bits per heavy atom. The minimum absolute atomic E-state index is 0.0231. The molecular formula is C30H30FN3O. The minimum atomic E-state index is -0.240. The topological polar surface area (TPSA) is 36.4 Å². The average molecular weight is 468 g/mol. The van der Waals surface area contributed by atoms with Crippen molar-refractivity contribution in [2.45, 2.75) is 26.2 Å². The number of aromatic nitrogens is 1. The van der Waals surface area contributed by atoms with Gasteiger partial charge in [0.2, 0.25) is 0 Å². The molecule has 1 aliphatic heterocycles. The van der Waals surface area contributed by atoms with Gasteiger partial charge in [0.05, 0.1) is 16.8 Å². The van der Waals surface area contributed by atoms with Crippen LogP contribution in [0, 0.1) is 5.82 Å². The summed E-state index contributed by atoms with van der Waals surface area (Å²) >= 11 is 0. The second-order valence-electron chi connectivity index (χ2n) is 10.2.